The lowest BCUT2D eigenvalue weighted by Gasteiger charge is -2.54. The summed E-state index contributed by atoms with van der Waals surface area (Å²) in [4.78, 5) is 14.2. The number of para-hydroxylation sites is 1. The lowest BCUT2D eigenvalue weighted by Crippen LogP contribution is -2.66. The zero-order valence-electron chi connectivity index (χ0n) is 19.6. The van der Waals surface area contributed by atoms with Crippen molar-refractivity contribution in [2.45, 2.75) is 58.0 Å². The summed E-state index contributed by atoms with van der Waals surface area (Å²) in [5.74, 6) is 1.37. The Hall–Kier alpha value is -2.63. The van der Waals surface area contributed by atoms with Crippen LogP contribution in [0.5, 0.6) is 0 Å². The Labute approximate surface area is 192 Å². The number of hydroxylamine groups is 1. The van der Waals surface area contributed by atoms with Crippen molar-refractivity contribution < 1.29 is 9.57 Å². The predicted molar refractivity (Wildman–Crippen MR) is 131 cm³/mol. The summed E-state index contributed by atoms with van der Waals surface area (Å²) in [5, 5.41) is 2.08. The SMILES string of the molecule is CCC[C@@H]1[C@@H]2C=C[C@@H](ON2c2ccccc2)N1C(=N[C@H](COC)C(C)C)c1ccccc1. The highest BCUT2D eigenvalue weighted by molar-refractivity contribution is 5.99. The molecular weight excluding hydrogens is 398 g/mol. The monoisotopic (exact) mass is 433 g/mol. The van der Waals surface area contributed by atoms with Crippen molar-refractivity contribution in [3.8, 4) is 0 Å². The zero-order chi connectivity index (χ0) is 22.5. The number of ether oxygens (including phenoxy) is 1. The number of fused-ring (bicyclic) bond motifs is 2. The molecule has 170 valence electrons. The minimum atomic E-state index is -0.203. The van der Waals surface area contributed by atoms with E-state index in [1.165, 1.54) is 0 Å². The topological polar surface area (TPSA) is 37.3 Å². The summed E-state index contributed by atoms with van der Waals surface area (Å²) in [5.41, 5.74) is 2.21. The van der Waals surface area contributed by atoms with Crippen LogP contribution < -0.4 is 5.06 Å². The lowest BCUT2D eigenvalue weighted by molar-refractivity contribution is -0.0938. The van der Waals surface area contributed by atoms with Crippen molar-refractivity contribution in [2.75, 3.05) is 18.8 Å². The molecule has 0 amide bonds. The van der Waals surface area contributed by atoms with Gasteiger partial charge in [0, 0.05) is 12.7 Å². The largest absolute Gasteiger partial charge is 0.382 e. The van der Waals surface area contributed by atoms with Crippen molar-refractivity contribution in [1.82, 2.24) is 4.90 Å². The van der Waals surface area contributed by atoms with E-state index in [0.717, 1.165) is 29.9 Å². The van der Waals surface area contributed by atoms with Gasteiger partial charge >= 0.3 is 0 Å². The van der Waals surface area contributed by atoms with Crippen LogP contribution in [0, 0.1) is 5.92 Å². The molecule has 5 rings (SSSR count). The van der Waals surface area contributed by atoms with Gasteiger partial charge in [-0.05, 0) is 30.5 Å². The van der Waals surface area contributed by atoms with E-state index in [4.69, 9.17) is 14.6 Å². The van der Waals surface area contributed by atoms with E-state index in [2.05, 4.69) is 97.5 Å². The third kappa shape index (κ3) is 4.59. The summed E-state index contributed by atoms with van der Waals surface area (Å²) in [6.07, 6.45) is 6.42. The normalized spacial score (nSPS) is 23.8. The number of methoxy groups -OCH3 is 1. The number of anilines is 1. The molecule has 2 bridgehead atoms. The van der Waals surface area contributed by atoms with Crippen LogP contribution in [-0.2, 0) is 9.57 Å². The third-order valence-electron chi connectivity index (χ3n) is 6.26. The fourth-order valence-electron chi connectivity index (χ4n) is 4.57. The number of hydrogen-bond donors (Lipinski definition) is 0. The van der Waals surface area contributed by atoms with E-state index in [1.54, 1.807) is 7.11 Å². The maximum Gasteiger partial charge on any atom is 0.178 e. The quantitative estimate of drug-likeness (QED) is 0.322. The molecule has 0 N–H and O–H groups in total. The van der Waals surface area contributed by atoms with Crippen LogP contribution in [0.15, 0.2) is 77.8 Å². The lowest BCUT2D eigenvalue weighted by atomic mass is 9.93. The standard InChI is InChI=1S/C27H35N3O2/c1-5-12-24-25-17-18-26(32-30(25)22-15-10-7-11-16-22)29(24)27(21-13-8-6-9-14-21)28-23(19-31-4)20(2)3/h6-11,13-18,20,23-26H,5,12,19H2,1-4H3/t23-,24-,25+,26-/m1/s1. The van der Waals surface area contributed by atoms with Gasteiger partial charge < -0.3 is 9.64 Å². The number of hydrogen-bond acceptors (Lipinski definition) is 4. The maximum absolute atomic E-state index is 6.53. The third-order valence-corrected chi connectivity index (χ3v) is 6.26. The minimum absolute atomic E-state index is 0.0761. The highest BCUT2D eigenvalue weighted by Crippen LogP contribution is 2.37. The van der Waals surface area contributed by atoms with Crippen LogP contribution in [0.4, 0.5) is 5.69 Å². The van der Waals surface area contributed by atoms with Gasteiger partial charge in [-0.15, -0.1) is 0 Å². The highest BCUT2D eigenvalue weighted by atomic mass is 16.7. The zero-order valence-corrected chi connectivity index (χ0v) is 19.6. The predicted octanol–water partition coefficient (Wildman–Crippen LogP) is 5.29. The Balaban J connectivity index is 1.76. The molecule has 0 aromatic heterocycles. The van der Waals surface area contributed by atoms with Crippen LogP contribution in [0.25, 0.3) is 0 Å². The van der Waals surface area contributed by atoms with Gasteiger partial charge in [-0.1, -0.05) is 81.8 Å². The molecule has 1 fully saturated rings. The van der Waals surface area contributed by atoms with Gasteiger partial charge in [0.05, 0.1) is 30.4 Å². The maximum atomic E-state index is 6.53. The molecule has 0 unspecified atom stereocenters. The molecule has 0 radical (unpaired) electrons. The molecule has 3 aliphatic rings. The Morgan fingerprint density at radius 3 is 2.34 bits per heavy atom. The average molecular weight is 434 g/mol. The van der Waals surface area contributed by atoms with Gasteiger partial charge in [-0.2, -0.15) is 0 Å². The second kappa shape index (κ2) is 10.3. The first kappa shape index (κ1) is 22.6. The summed E-state index contributed by atoms with van der Waals surface area (Å²) in [7, 11) is 1.75. The fraction of sp³-hybridized carbons (Fsp3) is 0.444. The first-order valence-corrected chi connectivity index (χ1v) is 11.7. The van der Waals surface area contributed by atoms with Crippen LogP contribution in [-0.4, -0.2) is 48.8 Å². The number of benzene rings is 2. The van der Waals surface area contributed by atoms with Crippen molar-refractivity contribution in [3.05, 3.63) is 78.4 Å². The Kier molecular flexibility index (Phi) is 7.28. The van der Waals surface area contributed by atoms with Crippen LogP contribution in [0.2, 0.25) is 0 Å². The number of rotatable bonds is 8. The second-order valence-electron chi connectivity index (χ2n) is 8.88. The van der Waals surface area contributed by atoms with Gasteiger partial charge in [0.2, 0.25) is 0 Å². The molecule has 5 nitrogen and oxygen atoms in total. The second-order valence-corrected chi connectivity index (χ2v) is 8.88. The van der Waals surface area contributed by atoms with E-state index in [-0.39, 0.29) is 24.4 Å². The van der Waals surface area contributed by atoms with E-state index >= 15 is 0 Å². The summed E-state index contributed by atoms with van der Waals surface area (Å²) >= 11 is 0. The van der Waals surface area contributed by atoms with E-state index in [0.29, 0.717) is 12.5 Å². The van der Waals surface area contributed by atoms with E-state index < -0.39 is 0 Å². The van der Waals surface area contributed by atoms with Gasteiger partial charge in [-0.25, -0.2) is 9.90 Å². The van der Waals surface area contributed by atoms with Crippen LogP contribution in [0.3, 0.4) is 0 Å². The molecule has 0 aliphatic carbocycles. The molecule has 1 saturated heterocycles. The van der Waals surface area contributed by atoms with E-state index in [9.17, 15) is 0 Å². The fourth-order valence-corrected chi connectivity index (χ4v) is 4.57. The summed E-state index contributed by atoms with van der Waals surface area (Å²) in [6, 6.07) is 21.3. The Morgan fingerprint density at radius 2 is 1.72 bits per heavy atom. The molecule has 2 aromatic rings. The summed E-state index contributed by atoms with van der Waals surface area (Å²) < 4.78 is 5.52. The molecule has 32 heavy (non-hydrogen) atoms. The molecule has 5 heteroatoms. The molecular formula is C27H35N3O2. The minimum Gasteiger partial charge on any atom is -0.382 e. The van der Waals surface area contributed by atoms with Crippen molar-refractivity contribution in [3.63, 3.8) is 0 Å². The number of amidine groups is 1. The highest BCUT2D eigenvalue weighted by Gasteiger charge is 2.46. The first-order chi connectivity index (χ1) is 15.6. The number of aliphatic imine (C=N–C) groups is 1. The molecule has 0 spiro atoms. The summed E-state index contributed by atoms with van der Waals surface area (Å²) in [6.45, 7) is 7.25. The molecule has 3 heterocycles. The van der Waals surface area contributed by atoms with Gasteiger partial charge in [0.1, 0.15) is 5.84 Å². The Bertz CT molecular complexity index is 913. The molecule has 0 saturated carbocycles. The smallest absolute Gasteiger partial charge is 0.178 e. The van der Waals surface area contributed by atoms with Gasteiger partial charge in [0.15, 0.2) is 6.23 Å². The van der Waals surface area contributed by atoms with Crippen molar-refractivity contribution in [2.24, 2.45) is 10.9 Å². The molecule has 4 atom stereocenters. The van der Waals surface area contributed by atoms with Crippen LogP contribution in [0.1, 0.15) is 39.2 Å². The van der Waals surface area contributed by atoms with Crippen molar-refractivity contribution in [1.29, 1.82) is 0 Å². The molecule has 2 aromatic carbocycles. The van der Waals surface area contributed by atoms with E-state index in [1.807, 2.05) is 6.07 Å². The van der Waals surface area contributed by atoms with Crippen LogP contribution >= 0.6 is 0 Å². The Morgan fingerprint density at radius 1 is 1.03 bits per heavy atom. The number of nitrogens with zero attached hydrogens (tertiary/aromatic N) is 3. The average Bonchev–Trinajstić information content (AvgIpc) is 2.83. The molecule has 3 aliphatic heterocycles. The van der Waals surface area contributed by atoms with Gasteiger partial charge in [-0.3, -0.25) is 4.99 Å². The van der Waals surface area contributed by atoms with Crippen molar-refractivity contribution >= 4 is 11.5 Å². The van der Waals surface area contributed by atoms with Gasteiger partial charge in [0.25, 0.3) is 0 Å². The first-order valence-electron chi connectivity index (χ1n) is 11.7.